The summed E-state index contributed by atoms with van der Waals surface area (Å²) < 4.78 is 0. The van der Waals surface area contributed by atoms with Crippen LogP contribution in [0.2, 0.25) is 0 Å². The number of hydrogen-bond donors (Lipinski definition) is 1. The van der Waals surface area contributed by atoms with Gasteiger partial charge in [0.25, 0.3) is 0 Å². The molecule has 1 atom stereocenters. The quantitative estimate of drug-likeness (QED) is 0.616. The van der Waals surface area contributed by atoms with E-state index in [1.165, 1.54) is 0 Å². The first-order valence-corrected chi connectivity index (χ1v) is 10.3. The molecule has 0 aliphatic carbocycles. The highest BCUT2D eigenvalue weighted by atomic mass is 32.1. The smallest absolute Gasteiger partial charge is 0.242 e. The predicted molar refractivity (Wildman–Crippen MR) is 116 cm³/mol. The predicted octanol–water partition coefficient (Wildman–Crippen LogP) is 2.29. The van der Waals surface area contributed by atoms with Crippen LogP contribution in [0.25, 0.3) is 0 Å². The molecule has 2 heterocycles. The molecule has 2 fully saturated rings. The number of carbonyl (C=O) groups excluding carboxylic acids is 2. The van der Waals surface area contributed by atoms with Crippen molar-refractivity contribution >= 4 is 34.7 Å². The fraction of sp³-hybridized carbons (Fsp3) is 0.571. The molecule has 28 heavy (non-hydrogen) atoms. The molecular formula is C21H30N4O2S. The molecule has 1 aromatic rings. The minimum atomic E-state index is -0.0282. The maximum absolute atomic E-state index is 12.8. The number of benzene rings is 1. The van der Waals surface area contributed by atoms with Crippen LogP contribution >= 0.6 is 12.2 Å². The maximum atomic E-state index is 12.8. The van der Waals surface area contributed by atoms with Crippen molar-refractivity contribution in [3.63, 3.8) is 0 Å². The maximum Gasteiger partial charge on any atom is 0.242 e. The summed E-state index contributed by atoms with van der Waals surface area (Å²) in [7, 11) is 0. The Balaban J connectivity index is 1.54. The average Bonchev–Trinajstić information content (AvgIpc) is 2.64. The third-order valence-corrected chi connectivity index (χ3v) is 5.96. The summed E-state index contributed by atoms with van der Waals surface area (Å²) in [6, 6.07) is 7.93. The van der Waals surface area contributed by atoms with Gasteiger partial charge in [0, 0.05) is 49.0 Å². The van der Waals surface area contributed by atoms with Gasteiger partial charge < -0.3 is 20.0 Å². The summed E-state index contributed by atoms with van der Waals surface area (Å²) in [5.74, 6) is 0.201. The fourth-order valence-electron chi connectivity index (χ4n) is 4.06. The molecule has 0 aromatic heterocycles. The van der Waals surface area contributed by atoms with Crippen molar-refractivity contribution in [1.82, 2.24) is 15.1 Å². The third kappa shape index (κ3) is 4.63. The largest absolute Gasteiger partial charge is 0.368 e. The number of nitrogens with one attached hydrogen (secondary N) is 1. The first-order chi connectivity index (χ1) is 13.2. The Morgan fingerprint density at radius 3 is 2.29 bits per heavy atom. The SMILES string of the molecule is CC(=O)c1ccc(N2CCN(C(=O)CN3C(=S)NC(C)(C)CC3C)CC2)cc1. The Morgan fingerprint density at radius 1 is 1.14 bits per heavy atom. The van der Waals surface area contributed by atoms with Crippen LogP contribution < -0.4 is 10.2 Å². The summed E-state index contributed by atoms with van der Waals surface area (Å²) in [6.07, 6.45) is 0.949. The van der Waals surface area contributed by atoms with E-state index in [9.17, 15) is 9.59 Å². The van der Waals surface area contributed by atoms with Gasteiger partial charge in [0.05, 0.1) is 6.54 Å². The van der Waals surface area contributed by atoms with Crippen molar-refractivity contribution < 1.29 is 9.59 Å². The fourth-order valence-corrected chi connectivity index (χ4v) is 4.58. The summed E-state index contributed by atoms with van der Waals surface area (Å²) in [4.78, 5) is 30.4. The number of thiocarbonyl (C=S) groups is 1. The Morgan fingerprint density at radius 2 is 1.75 bits per heavy atom. The summed E-state index contributed by atoms with van der Waals surface area (Å²) >= 11 is 5.50. The summed E-state index contributed by atoms with van der Waals surface area (Å²) in [5, 5.41) is 4.01. The lowest BCUT2D eigenvalue weighted by Gasteiger charge is -2.45. The molecule has 1 aromatic carbocycles. The molecule has 7 heteroatoms. The first kappa shape index (κ1) is 20.6. The number of piperazine rings is 1. The van der Waals surface area contributed by atoms with E-state index in [0.717, 1.165) is 30.8 Å². The number of carbonyl (C=O) groups is 2. The van der Waals surface area contributed by atoms with E-state index in [1.807, 2.05) is 34.1 Å². The molecular weight excluding hydrogens is 372 g/mol. The number of Topliss-reactive ketones (excluding diaryl/α,β-unsaturated/α-hetero) is 1. The highest BCUT2D eigenvalue weighted by Crippen LogP contribution is 2.22. The second kappa shape index (κ2) is 8.07. The van der Waals surface area contributed by atoms with E-state index in [-0.39, 0.29) is 23.3 Å². The number of rotatable bonds is 4. The van der Waals surface area contributed by atoms with Gasteiger partial charge in [0.1, 0.15) is 0 Å². The Bertz CT molecular complexity index is 754. The van der Waals surface area contributed by atoms with Gasteiger partial charge in [0.15, 0.2) is 10.9 Å². The lowest BCUT2D eigenvalue weighted by atomic mass is 9.93. The Hall–Kier alpha value is -2.15. The van der Waals surface area contributed by atoms with Crippen LogP contribution in [0.3, 0.4) is 0 Å². The number of anilines is 1. The molecule has 0 bridgehead atoms. The van der Waals surface area contributed by atoms with Gasteiger partial charge in [-0.25, -0.2) is 0 Å². The van der Waals surface area contributed by atoms with Gasteiger partial charge in [-0.15, -0.1) is 0 Å². The summed E-state index contributed by atoms with van der Waals surface area (Å²) in [6.45, 7) is 11.3. The molecule has 2 saturated heterocycles. The number of amides is 1. The Labute approximate surface area is 172 Å². The van der Waals surface area contributed by atoms with Crippen LogP contribution in [0.4, 0.5) is 5.69 Å². The molecule has 3 rings (SSSR count). The molecule has 0 radical (unpaired) electrons. The molecule has 6 nitrogen and oxygen atoms in total. The normalized spacial score (nSPS) is 22.1. The zero-order chi connectivity index (χ0) is 20.5. The number of hydrogen-bond acceptors (Lipinski definition) is 4. The second-order valence-corrected chi connectivity index (χ2v) is 8.85. The Kier molecular flexibility index (Phi) is 5.93. The van der Waals surface area contributed by atoms with Gasteiger partial charge in [-0.1, -0.05) is 0 Å². The monoisotopic (exact) mass is 402 g/mol. The minimum Gasteiger partial charge on any atom is -0.368 e. The van der Waals surface area contributed by atoms with Crippen molar-refractivity contribution in [2.45, 2.75) is 45.7 Å². The van der Waals surface area contributed by atoms with Gasteiger partial charge in [-0.2, -0.15) is 0 Å². The van der Waals surface area contributed by atoms with E-state index >= 15 is 0 Å². The van der Waals surface area contributed by atoms with Crippen molar-refractivity contribution in [1.29, 1.82) is 0 Å². The van der Waals surface area contributed by atoms with Crippen molar-refractivity contribution in [3.05, 3.63) is 29.8 Å². The zero-order valence-corrected chi connectivity index (χ0v) is 18.0. The van der Waals surface area contributed by atoms with Gasteiger partial charge in [0.2, 0.25) is 5.91 Å². The molecule has 2 aliphatic rings. The average molecular weight is 403 g/mol. The second-order valence-electron chi connectivity index (χ2n) is 8.47. The van der Waals surface area contributed by atoms with E-state index < -0.39 is 0 Å². The van der Waals surface area contributed by atoms with Crippen LogP contribution in [0.1, 0.15) is 44.5 Å². The summed E-state index contributed by atoms with van der Waals surface area (Å²) in [5.41, 5.74) is 1.79. The van der Waals surface area contributed by atoms with Crippen LogP contribution in [0.15, 0.2) is 24.3 Å². The lowest BCUT2D eigenvalue weighted by Crippen LogP contribution is -2.62. The lowest BCUT2D eigenvalue weighted by molar-refractivity contribution is -0.132. The molecule has 1 N–H and O–H groups in total. The molecule has 152 valence electrons. The van der Waals surface area contributed by atoms with Crippen molar-refractivity contribution in [2.75, 3.05) is 37.6 Å². The van der Waals surface area contributed by atoms with E-state index in [2.05, 4.69) is 31.0 Å². The molecule has 0 saturated carbocycles. The van der Waals surface area contributed by atoms with Crippen molar-refractivity contribution in [2.24, 2.45) is 0 Å². The number of nitrogens with zero attached hydrogens (tertiary/aromatic N) is 3. The van der Waals surface area contributed by atoms with Gasteiger partial charge >= 0.3 is 0 Å². The van der Waals surface area contributed by atoms with E-state index in [1.54, 1.807) is 6.92 Å². The van der Waals surface area contributed by atoms with Crippen molar-refractivity contribution in [3.8, 4) is 0 Å². The van der Waals surface area contributed by atoms with Crippen LogP contribution in [-0.4, -0.2) is 70.9 Å². The van der Waals surface area contributed by atoms with Crippen LogP contribution in [0, 0.1) is 0 Å². The molecule has 1 amide bonds. The van der Waals surface area contributed by atoms with Gasteiger partial charge in [-0.3, -0.25) is 9.59 Å². The van der Waals surface area contributed by atoms with E-state index in [0.29, 0.717) is 24.7 Å². The first-order valence-electron chi connectivity index (χ1n) is 9.89. The highest BCUT2D eigenvalue weighted by Gasteiger charge is 2.35. The molecule has 2 aliphatic heterocycles. The van der Waals surface area contributed by atoms with E-state index in [4.69, 9.17) is 12.2 Å². The zero-order valence-electron chi connectivity index (χ0n) is 17.2. The molecule has 1 unspecified atom stereocenters. The van der Waals surface area contributed by atoms with Crippen LogP contribution in [0.5, 0.6) is 0 Å². The van der Waals surface area contributed by atoms with Crippen LogP contribution in [-0.2, 0) is 4.79 Å². The standard InChI is InChI=1S/C21H30N4O2S/c1-15-13-21(3,4)22-20(28)25(15)14-19(27)24-11-9-23(10-12-24)18-7-5-17(6-8-18)16(2)26/h5-8,15H,9-14H2,1-4H3,(H,22,28). The minimum absolute atomic E-state index is 0.0282. The highest BCUT2D eigenvalue weighted by molar-refractivity contribution is 7.80. The molecule has 0 spiro atoms. The number of ketones is 1. The third-order valence-electron chi connectivity index (χ3n) is 5.62. The topological polar surface area (TPSA) is 55.9 Å². The van der Waals surface area contributed by atoms with Gasteiger partial charge in [-0.05, 0) is 70.6 Å².